The second-order valence-corrected chi connectivity index (χ2v) is 6.28. The molecule has 2 unspecified atom stereocenters. The molecule has 3 nitrogen and oxygen atoms in total. The van der Waals surface area contributed by atoms with E-state index in [2.05, 4.69) is 13.2 Å². The van der Waals surface area contributed by atoms with E-state index in [-0.39, 0.29) is 16.9 Å². The lowest BCUT2D eigenvalue weighted by Crippen LogP contribution is -2.42. The summed E-state index contributed by atoms with van der Waals surface area (Å²) in [6, 6.07) is 9.66. The summed E-state index contributed by atoms with van der Waals surface area (Å²) < 4.78 is 0. The maximum atomic E-state index is 12.6. The summed E-state index contributed by atoms with van der Waals surface area (Å²) in [4.78, 5) is 14.6. The predicted octanol–water partition coefficient (Wildman–Crippen LogP) is 2.66. The lowest BCUT2D eigenvalue weighted by molar-refractivity contribution is -0.131. The minimum atomic E-state index is -0.534. The Kier molecular flexibility index (Phi) is 7.02. The third kappa shape index (κ3) is 4.49. The van der Waals surface area contributed by atoms with Gasteiger partial charge >= 0.3 is 0 Å². The maximum Gasteiger partial charge on any atom is 0.236 e. The van der Waals surface area contributed by atoms with Gasteiger partial charge in [0.25, 0.3) is 0 Å². The van der Waals surface area contributed by atoms with Crippen LogP contribution in [0.5, 0.6) is 0 Å². The number of hydrogen-bond acceptors (Lipinski definition) is 3. The lowest BCUT2D eigenvalue weighted by Gasteiger charge is -2.28. The zero-order valence-electron chi connectivity index (χ0n) is 12.2. The van der Waals surface area contributed by atoms with Crippen molar-refractivity contribution in [1.29, 1.82) is 0 Å². The summed E-state index contributed by atoms with van der Waals surface area (Å²) >= 11 is 6.88. The molecule has 0 bridgehead atoms. The minimum Gasteiger partial charge on any atom is -0.392 e. The molecule has 0 saturated carbocycles. The fraction of sp³-hybridized carbons (Fsp3) is 0.467. The Morgan fingerprint density at radius 3 is 2.50 bits per heavy atom. The summed E-state index contributed by atoms with van der Waals surface area (Å²) in [7, 11) is 1.82. The molecule has 20 heavy (non-hydrogen) atoms. The first-order valence-corrected chi connectivity index (χ1v) is 8.39. The van der Waals surface area contributed by atoms with Crippen molar-refractivity contribution in [3.63, 3.8) is 0 Å². The third-order valence-corrected chi connectivity index (χ3v) is 4.29. The molecule has 0 aliphatic rings. The Bertz CT molecular complexity index is 450. The maximum absolute atomic E-state index is 12.6. The predicted molar refractivity (Wildman–Crippen MR) is 91.2 cm³/mol. The molecule has 0 aliphatic carbocycles. The molecule has 2 atom stereocenters. The number of likely N-dealkylation sites (N-methyl/N-ethyl adjacent to an activating group) is 1. The van der Waals surface area contributed by atoms with Gasteiger partial charge in [-0.1, -0.05) is 42.5 Å². The number of thiocarbonyl (C=S) groups is 1. The number of carbonyl (C=O) groups excluding carboxylic acids is 1. The Morgan fingerprint density at radius 1 is 1.40 bits per heavy atom. The van der Waals surface area contributed by atoms with Gasteiger partial charge in [0.15, 0.2) is 0 Å². The highest BCUT2D eigenvalue weighted by Gasteiger charge is 2.28. The lowest BCUT2D eigenvalue weighted by atomic mass is 9.97. The van der Waals surface area contributed by atoms with E-state index in [1.807, 2.05) is 37.4 Å². The van der Waals surface area contributed by atoms with Crippen LogP contribution >= 0.6 is 24.0 Å². The third-order valence-electron chi connectivity index (χ3n) is 3.41. The highest BCUT2D eigenvalue weighted by atomic mass is 32.2. The number of amides is 1. The Balaban J connectivity index is 2.87. The Morgan fingerprint density at radius 2 is 2.00 bits per heavy atom. The second-order valence-electron chi connectivity index (χ2n) is 4.83. The van der Waals surface area contributed by atoms with Crippen LogP contribution in [0.4, 0.5) is 0 Å². The molecule has 0 heterocycles. The largest absolute Gasteiger partial charge is 0.392 e. The van der Waals surface area contributed by atoms with Gasteiger partial charge in [0.2, 0.25) is 5.91 Å². The van der Waals surface area contributed by atoms with Crippen LogP contribution < -0.4 is 5.73 Å². The first-order chi connectivity index (χ1) is 9.49. The van der Waals surface area contributed by atoms with E-state index < -0.39 is 5.92 Å². The van der Waals surface area contributed by atoms with Crippen molar-refractivity contribution in [2.75, 3.05) is 19.1 Å². The van der Waals surface area contributed by atoms with Gasteiger partial charge in [0, 0.05) is 13.1 Å². The van der Waals surface area contributed by atoms with E-state index in [9.17, 15) is 4.79 Å². The van der Waals surface area contributed by atoms with Crippen LogP contribution in [0.3, 0.4) is 0 Å². The molecule has 0 aromatic heterocycles. The average Bonchev–Trinajstić information content (AvgIpc) is 2.44. The molecule has 110 valence electrons. The van der Waals surface area contributed by atoms with E-state index in [0.717, 1.165) is 17.7 Å². The summed E-state index contributed by atoms with van der Waals surface area (Å²) in [6.07, 6.45) is 3.03. The number of carbonyl (C=O) groups is 1. The van der Waals surface area contributed by atoms with Crippen molar-refractivity contribution >= 4 is 34.9 Å². The molecular formula is C15H22N2OS2. The van der Waals surface area contributed by atoms with Crippen molar-refractivity contribution in [3.05, 3.63) is 35.9 Å². The van der Waals surface area contributed by atoms with Crippen LogP contribution in [0.2, 0.25) is 0 Å². The van der Waals surface area contributed by atoms with Gasteiger partial charge in [-0.2, -0.15) is 11.8 Å². The second kappa shape index (κ2) is 8.27. The van der Waals surface area contributed by atoms with Gasteiger partial charge in [-0.3, -0.25) is 4.79 Å². The van der Waals surface area contributed by atoms with Crippen LogP contribution in [-0.4, -0.2) is 40.9 Å². The van der Waals surface area contributed by atoms with Crippen LogP contribution in [0.15, 0.2) is 30.3 Å². The molecular weight excluding hydrogens is 288 g/mol. The van der Waals surface area contributed by atoms with Gasteiger partial charge < -0.3 is 10.6 Å². The standard InChI is InChI=1S/C15H22N2OS2/c1-11(9-10-20-3)17(2)15(18)13(14(16)19)12-7-5-4-6-8-12/h4-8,11,13H,9-10H2,1-3H3,(H2,16,19). The van der Waals surface area contributed by atoms with Crippen LogP contribution in [0.25, 0.3) is 0 Å². The highest BCUT2D eigenvalue weighted by Crippen LogP contribution is 2.20. The van der Waals surface area contributed by atoms with Crippen molar-refractivity contribution in [2.24, 2.45) is 5.73 Å². The molecule has 2 N–H and O–H groups in total. The number of hydrogen-bond donors (Lipinski definition) is 1. The normalized spacial score (nSPS) is 13.6. The Labute approximate surface area is 130 Å². The molecule has 0 saturated heterocycles. The van der Waals surface area contributed by atoms with E-state index in [1.54, 1.807) is 16.7 Å². The first-order valence-electron chi connectivity index (χ1n) is 6.59. The Hall–Kier alpha value is -1.07. The monoisotopic (exact) mass is 310 g/mol. The zero-order valence-corrected chi connectivity index (χ0v) is 13.8. The summed E-state index contributed by atoms with van der Waals surface area (Å²) in [5, 5.41) is 0. The topological polar surface area (TPSA) is 46.3 Å². The van der Waals surface area contributed by atoms with E-state index in [1.165, 1.54) is 0 Å². The number of rotatable bonds is 7. The fourth-order valence-corrected chi connectivity index (χ4v) is 2.79. The number of thioether (sulfide) groups is 1. The number of nitrogens with two attached hydrogens (primary N) is 1. The van der Waals surface area contributed by atoms with E-state index in [4.69, 9.17) is 18.0 Å². The van der Waals surface area contributed by atoms with Crippen molar-refractivity contribution < 1.29 is 4.79 Å². The zero-order chi connectivity index (χ0) is 15.1. The van der Waals surface area contributed by atoms with Gasteiger partial charge in [0.05, 0.1) is 4.99 Å². The minimum absolute atomic E-state index is 0.0303. The van der Waals surface area contributed by atoms with Crippen LogP contribution in [-0.2, 0) is 4.79 Å². The first kappa shape index (κ1) is 17.0. The fourth-order valence-electron chi connectivity index (χ4n) is 1.98. The molecule has 1 aromatic rings. The van der Waals surface area contributed by atoms with Gasteiger partial charge in [0.1, 0.15) is 5.92 Å². The number of nitrogens with zero attached hydrogens (tertiary/aromatic N) is 1. The van der Waals surface area contributed by atoms with Gasteiger partial charge in [-0.25, -0.2) is 0 Å². The average molecular weight is 310 g/mol. The van der Waals surface area contributed by atoms with Gasteiger partial charge in [-0.05, 0) is 30.9 Å². The van der Waals surface area contributed by atoms with E-state index in [0.29, 0.717) is 0 Å². The van der Waals surface area contributed by atoms with Crippen molar-refractivity contribution in [2.45, 2.75) is 25.3 Å². The molecule has 0 fully saturated rings. The van der Waals surface area contributed by atoms with Crippen molar-refractivity contribution in [1.82, 2.24) is 4.90 Å². The van der Waals surface area contributed by atoms with Crippen molar-refractivity contribution in [3.8, 4) is 0 Å². The molecule has 5 heteroatoms. The summed E-state index contributed by atoms with van der Waals surface area (Å²) in [5.74, 6) is 0.465. The van der Waals surface area contributed by atoms with Crippen LogP contribution in [0, 0.1) is 0 Å². The highest BCUT2D eigenvalue weighted by molar-refractivity contribution is 7.98. The number of benzene rings is 1. The van der Waals surface area contributed by atoms with E-state index >= 15 is 0 Å². The van der Waals surface area contributed by atoms with Gasteiger partial charge in [-0.15, -0.1) is 0 Å². The molecule has 1 rings (SSSR count). The molecule has 1 aromatic carbocycles. The molecule has 0 spiro atoms. The molecule has 0 radical (unpaired) electrons. The quantitative estimate of drug-likeness (QED) is 0.787. The van der Waals surface area contributed by atoms with Crippen LogP contribution in [0.1, 0.15) is 24.8 Å². The SMILES string of the molecule is CSCCC(C)N(C)C(=O)C(C(N)=S)c1ccccc1. The summed E-state index contributed by atoms with van der Waals surface area (Å²) in [6.45, 7) is 2.05. The molecule has 1 amide bonds. The molecule has 0 aliphatic heterocycles. The summed E-state index contributed by atoms with van der Waals surface area (Å²) in [5.41, 5.74) is 6.64. The smallest absolute Gasteiger partial charge is 0.236 e.